The van der Waals surface area contributed by atoms with Crippen LogP contribution in [-0.2, 0) is 12.0 Å². The summed E-state index contributed by atoms with van der Waals surface area (Å²) < 4.78 is 25.1. The zero-order chi connectivity index (χ0) is 30.5. The van der Waals surface area contributed by atoms with Crippen molar-refractivity contribution in [3.05, 3.63) is 125 Å². The Hall–Kier alpha value is -4.36. The number of rotatable bonds is 8. The van der Waals surface area contributed by atoms with Crippen molar-refractivity contribution in [2.24, 2.45) is 0 Å². The van der Waals surface area contributed by atoms with Gasteiger partial charge in [-0.2, -0.15) is 0 Å². The summed E-state index contributed by atoms with van der Waals surface area (Å²) in [6.07, 6.45) is 2.13. The second kappa shape index (κ2) is 13.1. The molecule has 228 valence electrons. The van der Waals surface area contributed by atoms with Gasteiger partial charge in [-0.1, -0.05) is 48.5 Å². The van der Waals surface area contributed by atoms with E-state index in [9.17, 15) is 9.18 Å². The van der Waals surface area contributed by atoms with Crippen molar-refractivity contribution < 1.29 is 18.7 Å². The van der Waals surface area contributed by atoms with Crippen molar-refractivity contribution in [1.82, 2.24) is 9.80 Å². The number of anilines is 1. The molecule has 0 radical (unpaired) electrons. The molecule has 0 bridgehead atoms. The number of methoxy groups -OCH3 is 2. The van der Waals surface area contributed by atoms with E-state index in [4.69, 9.17) is 9.47 Å². The summed E-state index contributed by atoms with van der Waals surface area (Å²) in [5.41, 5.74) is 4.89. The van der Waals surface area contributed by atoms with Crippen molar-refractivity contribution in [3.63, 3.8) is 0 Å². The zero-order valence-electron chi connectivity index (χ0n) is 25.5. The van der Waals surface area contributed by atoms with E-state index in [0.29, 0.717) is 37.4 Å². The first-order chi connectivity index (χ1) is 21.5. The fraction of sp³-hybridized carbons (Fsp3) is 0.324. The second-order valence-electron chi connectivity index (χ2n) is 11.8. The third-order valence-electron chi connectivity index (χ3n) is 9.22. The Morgan fingerprint density at radius 2 is 1.34 bits per heavy atom. The lowest BCUT2D eigenvalue weighted by molar-refractivity contribution is 0.0746. The minimum absolute atomic E-state index is 0.0285. The van der Waals surface area contributed by atoms with Gasteiger partial charge in [0.25, 0.3) is 5.91 Å². The summed E-state index contributed by atoms with van der Waals surface area (Å²) >= 11 is 0. The van der Waals surface area contributed by atoms with Crippen LogP contribution in [0.2, 0.25) is 0 Å². The van der Waals surface area contributed by atoms with Crippen molar-refractivity contribution in [1.29, 1.82) is 0 Å². The van der Waals surface area contributed by atoms with E-state index in [0.717, 1.165) is 44.0 Å². The highest BCUT2D eigenvalue weighted by Gasteiger charge is 2.39. The maximum atomic E-state index is 14.2. The van der Waals surface area contributed by atoms with E-state index < -0.39 is 0 Å². The monoisotopic (exact) mass is 593 g/mol. The average molecular weight is 594 g/mol. The van der Waals surface area contributed by atoms with E-state index in [1.165, 1.54) is 22.8 Å². The number of piperazine rings is 1. The summed E-state index contributed by atoms with van der Waals surface area (Å²) in [4.78, 5) is 19.7. The number of ether oxygens (including phenoxy) is 2. The van der Waals surface area contributed by atoms with Crippen LogP contribution in [0.25, 0.3) is 0 Å². The molecule has 2 saturated heterocycles. The standard InChI is InChI=1S/C37H40FN3O3/c1-43-32-16-12-30(13-17-32)37(31-14-18-33(44-2)19-15-31)20-5-21-39(27-37)26-28-8-10-29(11-9-28)36(42)41-24-22-40(23-25-41)35-7-4-3-6-34(35)38/h3-4,6-19H,5,20-27H2,1-2H3. The van der Waals surface area contributed by atoms with Gasteiger partial charge in [0.1, 0.15) is 17.3 Å². The molecule has 0 atom stereocenters. The van der Waals surface area contributed by atoms with Gasteiger partial charge in [0, 0.05) is 50.2 Å². The van der Waals surface area contributed by atoms with Crippen LogP contribution in [0.5, 0.6) is 11.5 Å². The first-order valence-electron chi connectivity index (χ1n) is 15.4. The predicted molar refractivity (Wildman–Crippen MR) is 172 cm³/mol. The molecule has 7 heteroatoms. The van der Waals surface area contributed by atoms with Gasteiger partial charge in [0.05, 0.1) is 19.9 Å². The van der Waals surface area contributed by atoms with Gasteiger partial charge < -0.3 is 19.3 Å². The number of nitrogens with zero attached hydrogens (tertiary/aromatic N) is 3. The predicted octanol–water partition coefficient (Wildman–Crippen LogP) is 6.39. The SMILES string of the molecule is COc1ccc(C2(c3ccc(OC)cc3)CCCN(Cc3ccc(C(=O)N4CCN(c5ccccc5F)CC4)cc3)C2)cc1. The van der Waals surface area contributed by atoms with Crippen LogP contribution in [-0.4, -0.2) is 69.2 Å². The number of likely N-dealkylation sites (tertiary alicyclic amines) is 1. The Morgan fingerprint density at radius 3 is 1.91 bits per heavy atom. The molecule has 0 N–H and O–H groups in total. The molecule has 2 heterocycles. The number of hydrogen-bond acceptors (Lipinski definition) is 5. The molecule has 2 aliphatic rings. The minimum atomic E-state index is -0.221. The summed E-state index contributed by atoms with van der Waals surface area (Å²) in [5.74, 6) is 1.52. The highest BCUT2D eigenvalue weighted by molar-refractivity contribution is 5.94. The Kier molecular flexibility index (Phi) is 8.84. The third kappa shape index (κ3) is 6.15. The fourth-order valence-electron chi connectivity index (χ4n) is 6.79. The van der Waals surface area contributed by atoms with Gasteiger partial charge >= 0.3 is 0 Å². The largest absolute Gasteiger partial charge is 0.497 e. The lowest BCUT2D eigenvalue weighted by Crippen LogP contribution is -2.49. The van der Waals surface area contributed by atoms with Gasteiger partial charge in [-0.15, -0.1) is 0 Å². The lowest BCUT2D eigenvalue weighted by Gasteiger charge is -2.44. The topological polar surface area (TPSA) is 45.3 Å². The minimum Gasteiger partial charge on any atom is -0.497 e. The summed E-state index contributed by atoms with van der Waals surface area (Å²) in [6.45, 7) is 5.08. The van der Waals surface area contributed by atoms with Gasteiger partial charge in [0.15, 0.2) is 0 Å². The Labute approximate surface area is 259 Å². The number of carbonyl (C=O) groups is 1. The summed E-state index contributed by atoms with van der Waals surface area (Å²) in [7, 11) is 3.40. The van der Waals surface area contributed by atoms with Crippen LogP contribution >= 0.6 is 0 Å². The Balaban J connectivity index is 1.14. The maximum Gasteiger partial charge on any atom is 0.253 e. The lowest BCUT2D eigenvalue weighted by atomic mass is 9.69. The number of halogens is 1. The Bertz CT molecular complexity index is 1500. The summed E-state index contributed by atoms with van der Waals surface area (Å²) in [5, 5.41) is 0. The molecule has 0 unspecified atom stereocenters. The van der Waals surface area contributed by atoms with Gasteiger partial charge in [-0.25, -0.2) is 4.39 Å². The van der Waals surface area contributed by atoms with Crippen LogP contribution in [0.4, 0.5) is 10.1 Å². The molecule has 44 heavy (non-hydrogen) atoms. The molecule has 6 rings (SSSR count). The number of piperidine rings is 1. The van der Waals surface area contributed by atoms with Crippen LogP contribution in [0.15, 0.2) is 97.1 Å². The van der Waals surface area contributed by atoms with Gasteiger partial charge in [0.2, 0.25) is 0 Å². The summed E-state index contributed by atoms with van der Waals surface area (Å²) in [6, 6.07) is 31.9. The highest BCUT2D eigenvalue weighted by atomic mass is 19.1. The molecule has 0 spiro atoms. The normalized spacial score (nSPS) is 16.9. The maximum absolute atomic E-state index is 14.2. The van der Waals surface area contributed by atoms with E-state index in [-0.39, 0.29) is 17.1 Å². The van der Waals surface area contributed by atoms with Crippen molar-refractivity contribution in [2.45, 2.75) is 24.8 Å². The molecular formula is C37H40FN3O3. The van der Waals surface area contributed by atoms with Crippen molar-refractivity contribution >= 4 is 11.6 Å². The smallest absolute Gasteiger partial charge is 0.253 e. The quantitative estimate of drug-likeness (QED) is 0.237. The fourth-order valence-corrected chi connectivity index (χ4v) is 6.79. The number of hydrogen-bond donors (Lipinski definition) is 0. The zero-order valence-corrected chi connectivity index (χ0v) is 25.5. The molecule has 0 aliphatic carbocycles. The van der Waals surface area contributed by atoms with Gasteiger partial charge in [-0.05, 0) is 84.6 Å². The average Bonchev–Trinajstić information content (AvgIpc) is 3.09. The van der Waals surface area contributed by atoms with Crippen LogP contribution in [0.3, 0.4) is 0 Å². The number of carbonyl (C=O) groups excluding carboxylic acids is 1. The second-order valence-corrected chi connectivity index (χ2v) is 11.8. The first-order valence-corrected chi connectivity index (χ1v) is 15.4. The van der Waals surface area contributed by atoms with Crippen LogP contribution in [0, 0.1) is 5.82 Å². The Morgan fingerprint density at radius 1 is 0.750 bits per heavy atom. The van der Waals surface area contributed by atoms with Crippen molar-refractivity contribution in [2.75, 3.05) is 58.4 Å². The van der Waals surface area contributed by atoms with Crippen LogP contribution in [0.1, 0.15) is 39.9 Å². The van der Waals surface area contributed by atoms with E-state index >= 15 is 0 Å². The highest BCUT2D eigenvalue weighted by Crippen LogP contribution is 2.42. The number of benzene rings is 4. The molecule has 0 saturated carbocycles. The van der Waals surface area contributed by atoms with E-state index in [2.05, 4.69) is 65.6 Å². The molecular weight excluding hydrogens is 553 g/mol. The molecule has 2 fully saturated rings. The third-order valence-corrected chi connectivity index (χ3v) is 9.22. The van der Waals surface area contributed by atoms with E-state index in [1.807, 2.05) is 28.0 Å². The first kappa shape index (κ1) is 29.7. The van der Waals surface area contributed by atoms with Crippen molar-refractivity contribution in [3.8, 4) is 11.5 Å². The van der Waals surface area contributed by atoms with E-state index in [1.54, 1.807) is 26.4 Å². The molecule has 6 nitrogen and oxygen atoms in total. The number of amides is 1. The van der Waals surface area contributed by atoms with Gasteiger partial charge in [-0.3, -0.25) is 9.69 Å². The molecule has 4 aromatic carbocycles. The molecule has 1 amide bonds. The number of para-hydroxylation sites is 1. The van der Waals surface area contributed by atoms with Crippen LogP contribution < -0.4 is 14.4 Å². The molecule has 0 aromatic heterocycles. The molecule has 4 aromatic rings. The molecule has 2 aliphatic heterocycles.